The highest BCUT2D eigenvalue weighted by molar-refractivity contribution is 9.10. The van der Waals surface area contributed by atoms with Gasteiger partial charge in [0.15, 0.2) is 0 Å². The standard InChI is InChI=1S/C21H22BrFN4O3.ClH/c1-29-17-6-5-14(22)11-13(17)12-30-20(28)27-9-7-21(8-10-27)25-16-4-2-3-15(23)18(16)19(24)26-21;/h2-6,11,25H,7-10,12H2,1H3,(H2,24,26);1H. The Bertz CT molecular complexity index is 1010. The second kappa shape index (κ2) is 9.32. The number of likely N-dealkylation sites (tertiary alicyclic amines) is 1. The number of hydrogen-bond acceptors (Lipinski definition) is 6. The van der Waals surface area contributed by atoms with Gasteiger partial charge >= 0.3 is 6.09 Å². The molecule has 2 aliphatic rings. The van der Waals surface area contributed by atoms with Crippen LogP contribution in [0.5, 0.6) is 5.75 Å². The molecule has 0 aliphatic carbocycles. The summed E-state index contributed by atoms with van der Waals surface area (Å²) in [5, 5.41) is 3.31. The maximum absolute atomic E-state index is 14.1. The zero-order chi connectivity index (χ0) is 21.3. The first kappa shape index (κ1) is 23.1. The molecule has 1 fully saturated rings. The summed E-state index contributed by atoms with van der Waals surface area (Å²) in [6, 6.07) is 10.3. The van der Waals surface area contributed by atoms with Crippen LogP contribution >= 0.6 is 28.3 Å². The minimum absolute atomic E-state index is 0. The maximum Gasteiger partial charge on any atom is 0.410 e. The van der Waals surface area contributed by atoms with Gasteiger partial charge in [0.05, 0.1) is 12.7 Å². The number of hydrogen-bond donors (Lipinski definition) is 2. The van der Waals surface area contributed by atoms with Crippen molar-refractivity contribution in [2.75, 3.05) is 25.5 Å². The number of nitrogens with zero attached hydrogens (tertiary/aromatic N) is 2. The van der Waals surface area contributed by atoms with Crippen LogP contribution in [0.2, 0.25) is 0 Å². The zero-order valence-electron chi connectivity index (χ0n) is 16.9. The largest absolute Gasteiger partial charge is 0.496 e. The number of methoxy groups -OCH3 is 1. The number of amidine groups is 1. The molecule has 0 aromatic heterocycles. The molecule has 31 heavy (non-hydrogen) atoms. The van der Waals surface area contributed by atoms with E-state index in [4.69, 9.17) is 15.2 Å². The highest BCUT2D eigenvalue weighted by Gasteiger charge is 2.39. The van der Waals surface area contributed by atoms with Crippen LogP contribution in [0.3, 0.4) is 0 Å². The molecule has 0 saturated carbocycles. The Kier molecular flexibility index (Phi) is 6.96. The molecule has 1 amide bonds. The van der Waals surface area contributed by atoms with E-state index in [2.05, 4.69) is 26.2 Å². The molecule has 7 nitrogen and oxygen atoms in total. The molecule has 3 N–H and O–H groups in total. The van der Waals surface area contributed by atoms with Crippen molar-refractivity contribution in [1.82, 2.24) is 4.90 Å². The van der Waals surface area contributed by atoms with E-state index < -0.39 is 17.6 Å². The maximum atomic E-state index is 14.1. The van der Waals surface area contributed by atoms with Crippen LogP contribution in [0.1, 0.15) is 24.0 Å². The van der Waals surface area contributed by atoms with E-state index in [1.807, 2.05) is 18.2 Å². The Balaban J connectivity index is 0.00000272. The first-order valence-electron chi connectivity index (χ1n) is 9.57. The molecular weight excluding hydrogens is 491 g/mol. The monoisotopic (exact) mass is 512 g/mol. The summed E-state index contributed by atoms with van der Waals surface area (Å²) in [7, 11) is 1.58. The van der Waals surface area contributed by atoms with E-state index >= 15 is 0 Å². The van der Waals surface area contributed by atoms with Gasteiger partial charge in [0.1, 0.15) is 29.7 Å². The number of aliphatic imine (C=N–C) groups is 1. The van der Waals surface area contributed by atoms with E-state index in [0.29, 0.717) is 42.9 Å². The van der Waals surface area contributed by atoms with Crippen LogP contribution in [0.15, 0.2) is 45.9 Å². The number of rotatable bonds is 3. The van der Waals surface area contributed by atoms with Crippen LogP contribution in [0, 0.1) is 5.82 Å². The lowest BCUT2D eigenvalue weighted by molar-refractivity contribution is 0.0807. The average Bonchev–Trinajstić information content (AvgIpc) is 2.72. The molecule has 0 unspecified atom stereocenters. The van der Waals surface area contributed by atoms with Gasteiger partial charge in [-0.15, -0.1) is 12.4 Å². The van der Waals surface area contributed by atoms with E-state index in [-0.39, 0.29) is 24.8 Å². The van der Waals surface area contributed by atoms with Gasteiger partial charge in [0.25, 0.3) is 0 Å². The summed E-state index contributed by atoms with van der Waals surface area (Å²) >= 11 is 3.41. The smallest absolute Gasteiger partial charge is 0.410 e. The van der Waals surface area contributed by atoms with Crippen molar-refractivity contribution in [2.45, 2.75) is 25.1 Å². The number of nitrogens with two attached hydrogens (primary N) is 1. The predicted molar refractivity (Wildman–Crippen MR) is 122 cm³/mol. The van der Waals surface area contributed by atoms with Crippen LogP contribution in [0.4, 0.5) is 14.9 Å². The summed E-state index contributed by atoms with van der Waals surface area (Å²) in [6.45, 7) is 1.00. The molecule has 2 heterocycles. The van der Waals surface area contributed by atoms with Gasteiger partial charge in [0.2, 0.25) is 0 Å². The summed E-state index contributed by atoms with van der Waals surface area (Å²) in [6.07, 6.45) is 0.684. The van der Waals surface area contributed by atoms with Gasteiger partial charge in [-0.1, -0.05) is 22.0 Å². The Morgan fingerprint density at radius 3 is 2.77 bits per heavy atom. The van der Waals surface area contributed by atoms with Crippen LogP contribution in [-0.4, -0.2) is 42.7 Å². The molecular formula is C21H23BrClFN4O3. The second-order valence-corrected chi connectivity index (χ2v) is 8.23. The Hall–Kier alpha value is -2.52. The van der Waals surface area contributed by atoms with Gasteiger partial charge in [-0.2, -0.15) is 0 Å². The lowest BCUT2D eigenvalue weighted by Gasteiger charge is -2.42. The van der Waals surface area contributed by atoms with Crippen LogP contribution in [0.25, 0.3) is 0 Å². The fourth-order valence-electron chi connectivity index (χ4n) is 3.84. The third kappa shape index (κ3) is 4.72. The molecule has 1 saturated heterocycles. The number of carbonyl (C=O) groups excluding carboxylic acids is 1. The highest BCUT2D eigenvalue weighted by Crippen LogP contribution is 2.35. The van der Waals surface area contributed by atoms with Crippen molar-refractivity contribution in [3.63, 3.8) is 0 Å². The molecule has 4 rings (SSSR count). The van der Waals surface area contributed by atoms with Crippen molar-refractivity contribution >= 4 is 46.0 Å². The van der Waals surface area contributed by atoms with Crippen molar-refractivity contribution in [1.29, 1.82) is 0 Å². The van der Waals surface area contributed by atoms with E-state index in [0.717, 1.165) is 10.0 Å². The van der Waals surface area contributed by atoms with Crippen molar-refractivity contribution in [3.05, 3.63) is 57.8 Å². The summed E-state index contributed by atoms with van der Waals surface area (Å²) in [5.74, 6) is 0.436. The van der Waals surface area contributed by atoms with Gasteiger partial charge in [0, 0.05) is 41.7 Å². The number of halogens is 3. The molecule has 10 heteroatoms. The minimum atomic E-state index is -0.644. The number of piperidine rings is 1. The Morgan fingerprint density at radius 1 is 1.32 bits per heavy atom. The Labute approximate surface area is 194 Å². The third-order valence-electron chi connectivity index (χ3n) is 5.41. The lowest BCUT2D eigenvalue weighted by Crippen LogP contribution is -2.52. The number of amides is 1. The highest BCUT2D eigenvalue weighted by atomic mass is 79.9. The van der Waals surface area contributed by atoms with E-state index in [1.54, 1.807) is 24.1 Å². The van der Waals surface area contributed by atoms with E-state index in [1.165, 1.54) is 6.07 Å². The molecule has 0 radical (unpaired) electrons. The number of fused-ring (bicyclic) bond motifs is 1. The number of ether oxygens (including phenoxy) is 2. The first-order chi connectivity index (χ1) is 14.4. The molecule has 166 valence electrons. The number of carbonyl (C=O) groups is 1. The first-order valence-corrected chi connectivity index (χ1v) is 10.4. The van der Waals surface area contributed by atoms with Crippen LogP contribution < -0.4 is 15.8 Å². The van der Waals surface area contributed by atoms with Crippen LogP contribution in [-0.2, 0) is 11.3 Å². The number of anilines is 1. The molecule has 2 aliphatic heterocycles. The number of benzene rings is 2. The van der Waals surface area contributed by atoms with Gasteiger partial charge in [-0.3, -0.25) is 0 Å². The summed E-state index contributed by atoms with van der Waals surface area (Å²) < 4.78 is 25.7. The normalized spacial score (nSPS) is 16.5. The summed E-state index contributed by atoms with van der Waals surface area (Å²) in [5.41, 5.74) is 7.10. The van der Waals surface area contributed by atoms with Gasteiger partial charge in [-0.25, -0.2) is 14.2 Å². The van der Waals surface area contributed by atoms with E-state index in [9.17, 15) is 9.18 Å². The molecule has 1 spiro atoms. The SMILES string of the molecule is COc1ccc(Br)cc1COC(=O)N1CCC2(CC1)N=C(N)c1c(F)cccc1N2.Cl. The van der Waals surface area contributed by atoms with Gasteiger partial charge in [-0.05, 0) is 30.3 Å². The Morgan fingerprint density at radius 2 is 2.06 bits per heavy atom. The summed E-state index contributed by atoms with van der Waals surface area (Å²) in [4.78, 5) is 18.7. The molecule has 2 aromatic rings. The lowest BCUT2D eigenvalue weighted by atomic mass is 9.94. The average molecular weight is 514 g/mol. The fraction of sp³-hybridized carbons (Fsp3) is 0.333. The molecule has 2 aromatic carbocycles. The number of nitrogens with one attached hydrogen (secondary N) is 1. The second-order valence-electron chi connectivity index (χ2n) is 7.31. The minimum Gasteiger partial charge on any atom is -0.496 e. The third-order valence-corrected chi connectivity index (χ3v) is 5.91. The van der Waals surface area contributed by atoms with Crippen molar-refractivity contribution < 1.29 is 18.7 Å². The van der Waals surface area contributed by atoms with Gasteiger partial charge < -0.3 is 25.4 Å². The fourth-order valence-corrected chi connectivity index (χ4v) is 4.25. The quantitative estimate of drug-likeness (QED) is 0.640. The zero-order valence-corrected chi connectivity index (χ0v) is 19.3. The van der Waals surface area contributed by atoms with Crippen molar-refractivity contribution in [2.24, 2.45) is 10.7 Å². The predicted octanol–water partition coefficient (Wildman–Crippen LogP) is 4.28. The molecule has 0 bridgehead atoms. The molecule has 0 atom stereocenters. The topological polar surface area (TPSA) is 89.2 Å². The van der Waals surface area contributed by atoms with Crippen molar-refractivity contribution in [3.8, 4) is 5.75 Å².